The van der Waals surface area contributed by atoms with Gasteiger partial charge >= 0.3 is 0 Å². The SMILES string of the molecule is CSCC(CO)c1ccccc1F. The number of halogens is 1. The quantitative estimate of drug-likeness (QED) is 0.804. The van der Waals surface area contributed by atoms with E-state index in [0.29, 0.717) is 5.56 Å². The van der Waals surface area contributed by atoms with Gasteiger partial charge in [-0.2, -0.15) is 11.8 Å². The maximum absolute atomic E-state index is 13.2. The van der Waals surface area contributed by atoms with Crippen molar-refractivity contribution >= 4 is 11.8 Å². The molecule has 0 saturated carbocycles. The van der Waals surface area contributed by atoms with Crippen molar-refractivity contribution in [3.05, 3.63) is 35.6 Å². The van der Waals surface area contributed by atoms with Crippen LogP contribution >= 0.6 is 11.8 Å². The van der Waals surface area contributed by atoms with E-state index in [1.54, 1.807) is 30.0 Å². The largest absolute Gasteiger partial charge is 0.396 e. The molecule has 0 amide bonds. The molecule has 0 aliphatic heterocycles. The monoisotopic (exact) mass is 200 g/mol. The van der Waals surface area contributed by atoms with Crippen molar-refractivity contribution in [1.29, 1.82) is 0 Å². The van der Waals surface area contributed by atoms with Gasteiger partial charge in [-0.05, 0) is 17.9 Å². The molecule has 1 aromatic rings. The third kappa shape index (κ3) is 2.71. The Morgan fingerprint density at radius 2 is 2.15 bits per heavy atom. The molecule has 1 rings (SSSR count). The van der Waals surface area contributed by atoms with E-state index in [4.69, 9.17) is 5.11 Å². The van der Waals surface area contributed by atoms with Crippen molar-refractivity contribution in [2.45, 2.75) is 5.92 Å². The summed E-state index contributed by atoms with van der Waals surface area (Å²) in [5, 5.41) is 9.06. The van der Waals surface area contributed by atoms with E-state index < -0.39 is 0 Å². The van der Waals surface area contributed by atoms with Crippen molar-refractivity contribution in [1.82, 2.24) is 0 Å². The molecule has 13 heavy (non-hydrogen) atoms. The van der Waals surface area contributed by atoms with E-state index in [0.717, 1.165) is 5.75 Å². The van der Waals surface area contributed by atoms with Crippen LogP contribution in [-0.4, -0.2) is 23.7 Å². The fourth-order valence-electron chi connectivity index (χ4n) is 1.25. The Labute approximate surface area is 82.0 Å². The zero-order valence-electron chi connectivity index (χ0n) is 7.53. The van der Waals surface area contributed by atoms with Gasteiger partial charge in [0.05, 0.1) is 6.61 Å². The molecule has 1 N–H and O–H groups in total. The minimum atomic E-state index is -0.226. The summed E-state index contributed by atoms with van der Waals surface area (Å²) in [6, 6.07) is 6.61. The summed E-state index contributed by atoms with van der Waals surface area (Å²) in [6.45, 7) is 0.00176. The Morgan fingerprint density at radius 3 is 2.69 bits per heavy atom. The van der Waals surface area contributed by atoms with Crippen LogP contribution in [-0.2, 0) is 0 Å². The second-order valence-corrected chi connectivity index (χ2v) is 3.77. The Balaban J connectivity index is 2.84. The average Bonchev–Trinajstić information content (AvgIpc) is 2.16. The molecular weight excluding hydrogens is 187 g/mol. The van der Waals surface area contributed by atoms with E-state index in [1.165, 1.54) is 6.07 Å². The maximum atomic E-state index is 13.2. The van der Waals surface area contributed by atoms with Crippen LogP contribution in [0.3, 0.4) is 0 Å². The molecule has 1 aromatic carbocycles. The summed E-state index contributed by atoms with van der Waals surface area (Å²) < 4.78 is 13.2. The average molecular weight is 200 g/mol. The number of rotatable bonds is 4. The maximum Gasteiger partial charge on any atom is 0.126 e. The second-order valence-electron chi connectivity index (χ2n) is 2.86. The smallest absolute Gasteiger partial charge is 0.126 e. The van der Waals surface area contributed by atoms with E-state index in [2.05, 4.69) is 0 Å². The van der Waals surface area contributed by atoms with Crippen molar-refractivity contribution in [2.75, 3.05) is 18.6 Å². The zero-order chi connectivity index (χ0) is 9.68. The fraction of sp³-hybridized carbons (Fsp3) is 0.400. The molecular formula is C10H13FOS. The van der Waals surface area contributed by atoms with Gasteiger partial charge < -0.3 is 5.11 Å². The highest BCUT2D eigenvalue weighted by Crippen LogP contribution is 2.21. The van der Waals surface area contributed by atoms with Crippen molar-refractivity contribution in [3.63, 3.8) is 0 Å². The van der Waals surface area contributed by atoms with Crippen LogP contribution in [0, 0.1) is 5.82 Å². The third-order valence-electron chi connectivity index (χ3n) is 1.93. The standard InChI is InChI=1S/C10H13FOS/c1-13-7-8(6-12)9-4-2-3-5-10(9)11/h2-5,8,12H,6-7H2,1H3. The third-order valence-corrected chi connectivity index (χ3v) is 2.67. The lowest BCUT2D eigenvalue weighted by molar-refractivity contribution is 0.272. The Hall–Kier alpha value is -0.540. The summed E-state index contributed by atoms with van der Waals surface area (Å²) >= 11 is 1.61. The van der Waals surface area contributed by atoms with E-state index in [1.807, 2.05) is 6.26 Å². The summed E-state index contributed by atoms with van der Waals surface area (Å²) in [5.74, 6) is 0.434. The molecule has 1 atom stereocenters. The molecule has 0 radical (unpaired) electrons. The molecule has 0 heterocycles. The minimum absolute atomic E-state index is 0.00176. The van der Waals surface area contributed by atoms with Crippen LogP contribution in [0.4, 0.5) is 4.39 Å². The molecule has 0 saturated heterocycles. The van der Waals surface area contributed by atoms with E-state index in [-0.39, 0.29) is 18.3 Å². The minimum Gasteiger partial charge on any atom is -0.396 e. The molecule has 0 fully saturated rings. The predicted octanol–water partition coefficient (Wildman–Crippen LogP) is 2.26. The Morgan fingerprint density at radius 1 is 1.46 bits per heavy atom. The van der Waals surface area contributed by atoms with Crippen LogP contribution in [0.25, 0.3) is 0 Å². The highest BCUT2D eigenvalue weighted by molar-refractivity contribution is 7.98. The number of aliphatic hydroxyl groups is 1. The fourth-order valence-corrected chi connectivity index (χ4v) is 1.94. The van der Waals surface area contributed by atoms with Crippen molar-refractivity contribution in [2.24, 2.45) is 0 Å². The number of hydrogen-bond donors (Lipinski definition) is 1. The lowest BCUT2D eigenvalue weighted by atomic mass is 10.0. The molecule has 0 aromatic heterocycles. The molecule has 0 aliphatic rings. The number of thioether (sulfide) groups is 1. The summed E-state index contributed by atoms with van der Waals surface area (Å²) in [7, 11) is 0. The van der Waals surface area contributed by atoms with Gasteiger partial charge in [-0.25, -0.2) is 4.39 Å². The first-order valence-corrected chi connectivity index (χ1v) is 5.53. The number of aliphatic hydroxyl groups excluding tert-OH is 1. The lowest BCUT2D eigenvalue weighted by Crippen LogP contribution is -2.08. The van der Waals surface area contributed by atoms with Crippen LogP contribution in [0.1, 0.15) is 11.5 Å². The molecule has 0 spiro atoms. The predicted molar refractivity (Wildman–Crippen MR) is 54.6 cm³/mol. The Bertz CT molecular complexity index is 265. The van der Waals surface area contributed by atoms with Gasteiger partial charge in [0.2, 0.25) is 0 Å². The second kappa shape index (κ2) is 5.25. The lowest BCUT2D eigenvalue weighted by Gasteiger charge is -2.13. The van der Waals surface area contributed by atoms with Gasteiger partial charge in [-0.3, -0.25) is 0 Å². The number of hydrogen-bond acceptors (Lipinski definition) is 2. The van der Waals surface area contributed by atoms with Crippen molar-refractivity contribution < 1.29 is 9.50 Å². The van der Waals surface area contributed by atoms with Gasteiger partial charge in [-0.15, -0.1) is 0 Å². The highest BCUT2D eigenvalue weighted by Gasteiger charge is 2.13. The number of benzene rings is 1. The molecule has 3 heteroatoms. The van der Waals surface area contributed by atoms with E-state index >= 15 is 0 Å². The highest BCUT2D eigenvalue weighted by atomic mass is 32.2. The summed E-state index contributed by atoms with van der Waals surface area (Å²) in [4.78, 5) is 0. The van der Waals surface area contributed by atoms with Gasteiger partial charge in [0.25, 0.3) is 0 Å². The first kappa shape index (κ1) is 10.5. The van der Waals surface area contributed by atoms with Gasteiger partial charge in [0.1, 0.15) is 5.82 Å². The molecule has 1 nitrogen and oxygen atoms in total. The van der Waals surface area contributed by atoms with E-state index in [9.17, 15) is 4.39 Å². The van der Waals surface area contributed by atoms with Crippen LogP contribution in [0.2, 0.25) is 0 Å². The molecule has 0 aliphatic carbocycles. The normalized spacial score (nSPS) is 12.8. The molecule has 1 unspecified atom stereocenters. The summed E-state index contributed by atoms with van der Waals surface area (Å²) in [5.41, 5.74) is 0.611. The topological polar surface area (TPSA) is 20.2 Å². The van der Waals surface area contributed by atoms with Gasteiger partial charge in [-0.1, -0.05) is 18.2 Å². The van der Waals surface area contributed by atoms with Gasteiger partial charge in [0, 0.05) is 11.7 Å². The van der Waals surface area contributed by atoms with Crippen LogP contribution in [0.15, 0.2) is 24.3 Å². The van der Waals surface area contributed by atoms with Gasteiger partial charge in [0.15, 0.2) is 0 Å². The first-order chi connectivity index (χ1) is 6.29. The Kier molecular flexibility index (Phi) is 4.25. The van der Waals surface area contributed by atoms with Crippen LogP contribution < -0.4 is 0 Å². The molecule has 0 bridgehead atoms. The van der Waals surface area contributed by atoms with Crippen LogP contribution in [0.5, 0.6) is 0 Å². The van der Waals surface area contributed by atoms with Crippen molar-refractivity contribution in [3.8, 4) is 0 Å². The first-order valence-electron chi connectivity index (χ1n) is 4.13. The summed E-state index contributed by atoms with van der Waals surface area (Å²) in [6.07, 6.45) is 1.95. The molecule has 72 valence electrons. The zero-order valence-corrected chi connectivity index (χ0v) is 8.35.